The van der Waals surface area contributed by atoms with Gasteiger partial charge in [0.05, 0.1) is 6.42 Å². The second kappa shape index (κ2) is 7.31. The van der Waals surface area contributed by atoms with Crippen molar-refractivity contribution in [3.8, 4) is 11.4 Å². The summed E-state index contributed by atoms with van der Waals surface area (Å²) in [5.74, 6) is -2.14. The summed E-state index contributed by atoms with van der Waals surface area (Å²) in [5.41, 5.74) is 0.818. The molecule has 1 aliphatic rings. The molecule has 2 aromatic carbocycles. The summed E-state index contributed by atoms with van der Waals surface area (Å²) in [7, 11) is 0. The molecule has 0 aliphatic carbocycles. The molecule has 1 unspecified atom stereocenters. The average molecular weight is 422 g/mol. The van der Waals surface area contributed by atoms with Crippen LogP contribution in [0.4, 0.5) is 4.39 Å². The molecular formula is C21H15FN4O5. The molecule has 31 heavy (non-hydrogen) atoms. The number of carbonyl (C=O) groups excluding carboxylic acids is 2. The molecule has 1 aliphatic heterocycles. The Morgan fingerprint density at radius 2 is 1.94 bits per heavy atom. The van der Waals surface area contributed by atoms with E-state index in [1.54, 1.807) is 0 Å². The van der Waals surface area contributed by atoms with Gasteiger partial charge in [0.15, 0.2) is 11.4 Å². The lowest BCUT2D eigenvalue weighted by Crippen LogP contribution is -2.43. The number of imide groups is 1. The lowest BCUT2D eigenvalue weighted by molar-refractivity contribution is -0.135. The van der Waals surface area contributed by atoms with Crippen molar-refractivity contribution in [1.82, 2.24) is 20.0 Å². The fourth-order valence-corrected chi connectivity index (χ4v) is 3.67. The van der Waals surface area contributed by atoms with Gasteiger partial charge < -0.3 is 8.94 Å². The van der Waals surface area contributed by atoms with Gasteiger partial charge in [0, 0.05) is 12.0 Å². The number of piperidine rings is 1. The normalized spacial score (nSPS) is 16.6. The van der Waals surface area contributed by atoms with Crippen molar-refractivity contribution in [3.05, 3.63) is 70.3 Å². The fourth-order valence-electron chi connectivity index (χ4n) is 3.67. The van der Waals surface area contributed by atoms with E-state index in [0.717, 1.165) is 10.1 Å². The van der Waals surface area contributed by atoms with E-state index in [0.29, 0.717) is 5.82 Å². The average Bonchev–Trinajstić information content (AvgIpc) is 3.35. The second-order valence-corrected chi connectivity index (χ2v) is 7.14. The molecule has 3 heterocycles. The molecule has 0 saturated carbocycles. The fraction of sp³-hybridized carbons (Fsp3) is 0.190. The van der Waals surface area contributed by atoms with Crippen molar-refractivity contribution < 1.29 is 22.9 Å². The van der Waals surface area contributed by atoms with E-state index in [-0.39, 0.29) is 41.8 Å². The number of amides is 2. The lowest BCUT2D eigenvalue weighted by atomic mass is 10.0. The minimum Gasteiger partial charge on any atom is -0.408 e. The summed E-state index contributed by atoms with van der Waals surface area (Å²) in [6.45, 7) is 0. The zero-order chi connectivity index (χ0) is 21.5. The van der Waals surface area contributed by atoms with Crippen molar-refractivity contribution in [3.63, 3.8) is 0 Å². The molecule has 0 spiro atoms. The number of carbonyl (C=O) groups is 2. The van der Waals surface area contributed by atoms with Crippen LogP contribution in [0.25, 0.3) is 22.5 Å². The van der Waals surface area contributed by atoms with Crippen molar-refractivity contribution in [2.45, 2.75) is 25.3 Å². The van der Waals surface area contributed by atoms with Crippen LogP contribution in [0.2, 0.25) is 0 Å². The van der Waals surface area contributed by atoms with Gasteiger partial charge in [-0.05, 0) is 18.1 Å². The minimum atomic E-state index is -1.04. The molecule has 9 nitrogen and oxygen atoms in total. The van der Waals surface area contributed by atoms with Crippen LogP contribution in [-0.4, -0.2) is 26.5 Å². The van der Waals surface area contributed by atoms with Crippen LogP contribution in [0, 0.1) is 5.82 Å². The van der Waals surface area contributed by atoms with Gasteiger partial charge in [0.2, 0.25) is 23.5 Å². The Kier molecular flexibility index (Phi) is 4.46. The van der Waals surface area contributed by atoms with E-state index < -0.39 is 29.4 Å². The van der Waals surface area contributed by atoms with Crippen LogP contribution in [0.3, 0.4) is 0 Å². The molecule has 1 N–H and O–H groups in total. The van der Waals surface area contributed by atoms with Gasteiger partial charge in [-0.1, -0.05) is 41.6 Å². The predicted molar refractivity (Wildman–Crippen MR) is 104 cm³/mol. The summed E-state index contributed by atoms with van der Waals surface area (Å²) < 4.78 is 26.7. The standard InChI is InChI=1S/C21H15FN4O5/c22-17-12(10-16-24-19(25-31-16)11-4-2-1-3-5-11)6-8-14-18(17)26(21(29)30-14)13-7-9-15(27)23-20(13)28/h1-6,8,13H,7,9-10H2,(H,23,27,28). The van der Waals surface area contributed by atoms with Crippen molar-refractivity contribution in [1.29, 1.82) is 0 Å². The number of oxazole rings is 1. The molecule has 2 aromatic heterocycles. The van der Waals surface area contributed by atoms with Crippen molar-refractivity contribution in [2.75, 3.05) is 0 Å². The Morgan fingerprint density at radius 1 is 1.13 bits per heavy atom. The van der Waals surface area contributed by atoms with Gasteiger partial charge in [-0.3, -0.25) is 19.5 Å². The molecular weight excluding hydrogens is 407 g/mol. The Balaban J connectivity index is 1.52. The van der Waals surface area contributed by atoms with E-state index in [1.165, 1.54) is 12.1 Å². The summed E-state index contributed by atoms with van der Waals surface area (Å²) in [6, 6.07) is 11.1. The third-order valence-corrected chi connectivity index (χ3v) is 5.16. The maximum Gasteiger partial charge on any atom is 0.420 e. The number of nitrogens with one attached hydrogen (secondary N) is 1. The molecule has 5 rings (SSSR count). The Morgan fingerprint density at radius 3 is 2.71 bits per heavy atom. The number of hydrogen-bond acceptors (Lipinski definition) is 7. The number of rotatable bonds is 4. The lowest BCUT2D eigenvalue weighted by Gasteiger charge is -2.21. The monoisotopic (exact) mass is 422 g/mol. The highest BCUT2D eigenvalue weighted by Crippen LogP contribution is 2.28. The largest absolute Gasteiger partial charge is 0.420 e. The quantitative estimate of drug-likeness (QED) is 0.501. The van der Waals surface area contributed by atoms with Crippen LogP contribution in [-0.2, 0) is 16.0 Å². The molecule has 1 fully saturated rings. The van der Waals surface area contributed by atoms with Crippen molar-refractivity contribution in [2.24, 2.45) is 0 Å². The van der Waals surface area contributed by atoms with E-state index in [9.17, 15) is 14.4 Å². The zero-order valence-electron chi connectivity index (χ0n) is 16.0. The third kappa shape index (κ3) is 3.31. The van der Waals surface area contributed by atoms with Gasteiger partial charge in [-0.15, -0.1) is 0 Å². The zero-order valence-corrected chi connectivity index (χ0v) is 16.0. The first-order valence-corrected chi connectivity index (χ1v) is 9.55. The Hall–Kier alpha value is -4.08. The summed E-state index contributed by atoms with van der Waals surface area (Å²) in [6.07, 6.45) is 0.102. The number of halogens is 1. The number of nitrogens with zero attached hydrogens (tertiary/aromatic N) is 3. The smallest absolute Gasteiger partial charge is 0.408 e. The molecule has 2 amide bonds. The van der Waals surface area contributed by atoms with E-state index in [2.05, 4.69) is 15.5 Å². The summed E-state index contributed by atoms with van der Waals surface area (Å²) in [5, 5.41) is 6.09. The number of aromatic nitrogens is 3. The first kappa shape index (κ1) is 18.9. The molecule has 156 valence electrons. The molecule has 1 atom stereocenters. The Labute approximate surface area is 173 Å². The SMILES string of the molecule is O=C1CCC(n2c(=O)oc3ccc(Cc4nc(-c5ccccc5)no4)c(F)c32)C(=O)N1. The highest BCUT2D eigenvalue weighted by Gasteiger charge is 2.32. The molecule has 10 heteroatoms. The predicted octanol–water partition coefficient (Wildman–Crippen LogP) is 2.35. The van der Waals surface area contributed by atoms with Crippen LogP contribution in [0.1, 0.15) is 30.3 Å². The summed E-state index contributed by atoms with van der Waals surface area (Å²) in [4.78, 5) is 40.3. The van der Waals surface area contributed by atoms with Gasteiger partial charge in [0.25, 0.3) is 0 Å². The van der Waals surface area contributed by atoms with E-state index in [4.69, 9.17) is 8.94 Å². The molecule has 0 bridgehead atoms. The molecule has 4 aromatic rings. The van der Waals surface area contributed by atoms with Crippen molar-refractivity contribution >= 4 is 22.9 Å². The highest BCUT2D eigenvalue weighted by molar-refractivity contribution is 6.00. The molecule has 0 radical (unpaired) electrons. The number of benzene rings is 2. The second-order valence-electron chi connectivity index (χ2n) is 7.14. The third-order valence-electron chi connectivity index (χ3n) is 5.16. The molecule has 1 saturated heterocycles. The first-order chi connectivity index (χ1) is 15.0. The maximum absolute atomic E-state index is 15.4. The van der Waals surface area contributed by atoms with Crippen LogP contribution in [0.5, 0.6) is 0 Å². The van der Waals surface area contributed by atoms with Crippen LogP contribution < -0.4 is 11.1 Å². The van der Waals surface area contributed by atoms with Crippen LogP contribution >= 0.6 is 0 Å². The maximum atomic E-state index is 15.4. The first-order valence-electron chi connectivity index (χ1n) is 9.55. The minimum absolute atomic E-state index is 0.00598. The highest BCUT2D eigenvalue weighted by atomic mass is 19.1. The van der Waals surface area contributed by atoms with Gasteiger partial charge in [0.1, 0.15) is 11.6 Å². The van der Waals surface area contributed by atoms with Gasteiger partial charge in [-0.25, -0.2) is 9.18 Å². The van der Waals surface area contributed by atoms with E-state index >= 15 is 4.39 Å². The van der Waals surface area contributed by atoms with E-state index in [1.807, 2.05) is 30.3 Å². The topological polar surface area (TPSA) is 120 Å². The number of fused-ring (bicyclic) bond motifs is 1. The van der Waals surface area contributed by atoms with Gasteiger partial charge in [-0.2, -0.15) is 4.98 Å². The summed E-state index contributed by atoms with van der Waals surface area (Å²) >= 11 is 0. The van der Waals surface area contributed by atoms with Gasteiger partial charge >= 0.3 is 5.76 Å². The van der Waals surface area contributed by atoms with Crippen LogP contribution in [0.15, 0.2) is 56.2 Å². The number of hydrogen-bond donors (Lipinski definition) is 1. The Bertz CT molecular complexity index is 1370.